The van der Waals surface area contributed by atoms with Crippen molar-refractivity contribution in [2.75, 3.05) is 0 Å². The van der Waals surface area contributed by atoms with E-state index >= 15 is 0 Å². The zero-order valence-electron chi connectivity index (χ0n) is 11.7. The minimum atomic E-state index is -0.201. The second-order valence-corrected chi connectivity index (χ2v) is 5.04. The molecule has 0 aliphatic rings. The first kappa shape index (κ1) is 13.7. The van der Waals surface area contributed by atoms with Gasteiger partial charge in [-0.05, 0) is 24.6 Å². The third kappa shape index (κ3) is 3.64. The average molecular weight is 261 g/mol. The summed E-state index contributed by atoms with van der Waals surface area (Å²) < 4.78 is 15.1. The van der Waals surface area contributed by atoms with Crippen molar-refractivity contribution >= 4 is 0 Å². The summed E-state index contributed by atoms with van der Waals surface area (Å²) in [7, 11) is 0. The summed E-state index contributed by atoms with van der Waals surface area (Å²) in [5.41, 5.74) is 2.23. The molecular weight excluding hydrogens is 241 g/mol. The third-order valence-corrected chi connectivity index (χ3v) is 3.08. The van der Waals surface area contributed by atoms with Gasteiger partial charge in [-0.25, -0.2) is 9.37 Å². The van der Waals surface area contributed by atoms with Crippen LogP contribution in [0.15, 0.2) is 30.5 Å². The van der Waals surface area contributed by atoms with Crippen molar-refractivity contribution in [2.45, 2.75) is 39.9 Å². The van der Waals surface area contributed by atoms with Gasteiger partial charge in [0, 0.05) is 25.3 Å². The summed E-state index contributed by atoms with van der Waals surface area (Å²) in [6.07, 6.45) is 1.90. The molecule has 0 aliphatic heterocycles. The molecule has 0 spiro atoms. The Morgan fingerprint density at radius 3 is 2.58 bits per heavy atom. The first-order valence-corrected chi connectivity index (χ1v) is 6.55. The van der Waals surface area contributed by atoms with Crippen LogP contribution >= 0.6 is 0 Å². The molecule has 0 unspecified atom stereocenters. The lowest BCUT2D eigenvalue weighted by molar-refractivity contribution is 0.561. The van der Waals surface area contributed by atoms with E-state index in [1.165, 1.54) is 12.1 Å². The Kier molecular flexibility index (Phi) is 4.32. The standard InChI is InChI=1S/C15H20FN3/c1-11(2)17-8-15-9-18-12(3)19(15)10-13-4-6-14(16)7-5-13/h4-7,9,11,17H,8,10H2,1-3H3. The Bertz CT molecular complexity index is 529. The van der Waals surface area contributed by atoms with Crippen LogP contribution in [-0.4, -0.2) is 15.6 Å². The Balaban J connectivity index is 2.14. The summed E-state index contributed by atoms with van der Waals surface area (Å²) in [5.74, 6) is 0.776. The summed E-state index contributed by atoms with van der Waals surface area (Å²) in [4.78, 5) is 4.36. The minimum absolute atomic E-state index is 0.201. The second-order valence-electron chi connectivity index (χ2n) is 5.04. The van der Waals surface area contributed by atoms with Crippen molar-refractivity contribution in [3.8, 4) is 0 Å². The maximum atomic E-state index is 12.9. The van der Waals surface area contributed by atoms with Crippen molar-refractivity contribution in [2.24, 2.45) is 0 Å². The van der Waals surface area contributed by atoms with Crippen LogP contribution < -0.4 is 5.32 Å². The highest BCUT2D eigenvalue weighted by Gasteiger charge is 2.07. The Morgan fingerprint density at radius 2 is 1.95 bits per heavy atom. The lowest BCUT2D eigenvalue weighted by atomic mass is 10.2. The van der Waals surface area contributed by atoms with Crippen LogP contribution in [0, 0.1) is 12.7 Å². The van der Waals surface area contributed by atoms with Crippen molar-refractivity contribution in [1.29, 1.82) is 0 Å². The fraction of sp³-hybridized carbons (Fsp3) is 0.400. The van der Waals surface area contributed by atoms with Gasteiger partial charge in [0.05, 0.1) is 5.69 Å². The smallest absolute Gasteiger partial charge is 0.123 e. The monoisotopic (exact) mass is 261 g/mol. The molecule has 4 heteroatoms. The molecule has 0 fully saturated rings. The molecule has 1 aromatic heterocycles. The predicted octanol–water partition coefficient (Wildman–Crippen LogP) is 2.88. The van der Waals surface area contributed by atoms with Crippen LogP contribution in [-0.2, 0) is 13.1 Å². The van der Waals surface area contributed by atoms with E-state index in [1.54, 1.807) is 0 Å². The van der Waals surface area contributed by atoms with E-state index in [0.717, 1.165) is 30.2 Å². The number of imidazole rings is 1. The summed E-state index contributed by atoms with van der Waals surface area (Å²) in [5, 5.41) is 3.39. The maximum Gasteiger partial charge on any atom is 0.123 e. The van der Waals surface area contributed by atoms with Gasteiger partial charge in [-0.1, -0.05) is 26.0 Å². The van der Waals surface area contributed by atoms with Crippen molar-refractivity contribution in [1.82, 2.24) is 14.9 Å². The van der Waals surface area contributed by atoms with Crippen LogP contribution in [0.3, 0.4) is 0 Å². The van der Waals surface area contributed by atoms with Gasteiger partial charge in [0.25, 0.3) is 0 Å². The van der Waals surface area contributed by atoms with E-state index < -0.39 is 0 Å². The molecule has 1 aromatic carbocycles. The Hall–Kier alpha value is -1.68. The van der Waals surface area contributed by atoms with Gasteiger partial charge in [-0.15, -0.1) is 0 Å². The first-order valence-electron chi connectivity index (χ1n) is 6.55. The maximum absolute atomic E-state index is 12.9. The van der Waals surface area contributed by atoms with Gasteiger partial charge in [0.15, 0.2) is 0 Å². The van der Waals surface area contributed by atoms with Gasteiger partial charge < -0.3 is 9.88 Å². The van der Waals surface area contributed by atoms with Crippen LogP contribution in [0.4, 0.5) is 4.39 Å². The first-order chi connectivity index (χ1) is 9.06. The molecular formula is C15H20FN3. The lowest BCUT2D eigenvalue weighted by Gasteiger charge is -2.13. The van der Waals surface area contributed by atoms with Gasteiger partial charge in [-0.2, -0.15) is 0 Å². The number of aromatic nitrogens is 2. The molecule has 0 saturated heterocycles. The molecule has 1 N–H and O–H groups in total. The number of nitrogens with one attached hydrogen (secondary N) is 1. The van der Waals surface area contributed by atoms with Crippen LogP contribution in [0.1, 0.15) is 30.9 Å². The van der Waals surface area contributed by atoms with Crippen LogP contribution in [0.25, 0.3) is 0 Å². The van der Waals surface area contributed by atoms with E-state index in [0.29, 0.717) is 6.04 Å². The Morgan fingerprint density at radius 1 is 1.26 bits per heavy atom. The second kappa shape index (κ2) is 5.97. The predicted molar refractivity (Wildman–Crippen MR) is 74.4 cm³/mol. The van der Waals surface area contributed by atoms with Gasteiger partial charge in [-0.3, -0.25) is 0 Å². The summed E-state index contributed by atoms with van der Waals surface area (Å²) in [6, 6.07) is 7.05. The SMILES string of the molecule is Cc1ncc(CNC(C)C)n1Cc1ccc(F)cc1. The molecule has 19 heavy (non-hydrogen) atoms. The fourth-order valence-electron chi connectivity index (χ4n) is 1.95. The van der Waals surface area contributed by atoms with Gasteiger partial charge in [0.1, 0.15) is 11.6 Å². The highest BCUT2D eigenvalue weighted by atomic mass is 19.1. The molecule has 0 saturated carbocycles. The molecule has 2 rings (SSSR count). The topological polar surface area (TPSA) is 29.9 Å². The zero-order chi connectivity index (χ0) is 13.8. The minimum Gasteiger partial charge on any atom is -0.327 e. The molecule has 3 nitrogen and oxygen atoms in total. The molecule has 0 atom stereocenters. The Labute approximate surface area is 113 Å². The van der Waals surface area contributed by atoms with E-state index in [-0.39, 0.29) is 5.82 Å². The number of aryl methyl sites for hydroxylation is 1. The summed E-state index contributed by atoms with van der Waals surface area (Å²) in [6.45, 7) is 7.74. The lowest BCUT2D eigenvalue weighted by Crippen LogP contribution is -2.23. The fourth-order valence-corrected chi connectivity index (χ4v) is 1.95. The van der Waals surface area contributed by atoms with E-state index in [4.69, 9.17) is 0 Å². The molecule has 0 amide bonds. The number of hydrogen-bond donors (Lipinski definition) is 1. The molecule has 0 bridgehead atoms. The molecule has 102 valence electrons. The normalized spacial score (nSPS) is 11.2. The van der Waals surface area contributed by atoms with Crippen molar-refractivity contribution in [3.63, 3.8) is 0 Å². The highest BCUT2D eigenvalue weighted by Crippen LogP contribution is 2.11. The average Bonchev–Trinajstić information content (AvgIpc) is 2.71. The van der Waals surface area contributed by atoms with E-state index in [1.807, 2.05) is 25.3 Å². The summed E-state index contributed by atoms with van der Waals surface area (Å²) >= 11 is 0. The van der Waals surface area contributed by atoms with Gasteiger partial charge >= 0.3 is 0 Å². The molecule has 0 radical (unpaired) electrons. The van der Waals surface area contributed by atoms with Crippen molar-refractivity contribution in [3.05, 3.63) is 53.4 Å². The van der Waals surface area contributed by atoms with Crippen LogP contribution in [0.2, 0.25) is 0 Å². The number of hydrogen-bond acceptors (Lipinski definition) is 2. The third-order valence-electron chi connectivity index (χ3n) is 3.08. The van der Waals surface area contributed by atoms with Crippen LogP contribution in [0.5, 0.6) is 0 Å². The molecule has 0 aliphatic carbocycles. The quantitative estimate of drug-likeness (QED) is 0.897. The number of halogens is 1. The molecule has 2 aromatic rings. The molecule has 1 heterocycles. The zero-order valence-corrected chi connectivity index (χ0v) is 11.7. The highest BCUT2D eigenvalue weighted by molar-refractivity contribution is 5.18. The van der Waals surface area contributed by atoms with E-state index in [9.17, 15) is 4.39 Å². The van der Waals surface area contributed by atoms with Gasteiger partial charge in [0.2, 0.25) is 0 Å². The number of rotatable bonds is 5. The van der Waals surface area contributed by atoms with E-state index in [2.05, 4.69) is 28.7 Å². The van der Waals surface area contributed by atoms with Crippen molar-refractivity contribution < 1.29 is 4.39 Å². The largest absolute Gasteiger partial charge is 0.327 e. The number of nitrogens with zero attached hydrogens (tertiary/aromatic N) is 2. The number of benzene rings is 1.